The van der Waals surface area contributed by atoms with E-state index in [1.165, 1.54) is 6.07 Å². The SMILES string of the molecule is C=C(C#N)/N=C/C(=C)c1ccc(C=O)c(F)c1F. The predicted molar refractivity (Wildman–Crippen MR) is 64.0 cm³/mol. The molecule has 3 nitrogen and oxygen atoms in total. The van der Waals surface area contributed by atoms with Gasteiger partial charge in [0.2, 0.25) is 0 Å². The predicted octanol–water partition coefficient (Wildman–Crippen LogP) is 2.90. The lowest BCUT2D eigenvalue weighted by atomic mass is 10.0. The molecule has 0 amide bonds. The van der Waals surface area contributed by atoms with Gasteiger partial charge in [-0.05, 0) is 11.6 Å². The summed E-state index contributed by atoms with van der Waals surface area (Å²) in [5.41, 5.74) is -0.517. The summed E-state index contributed by atoms with van der Waals surface area (Å²) in [7, 11) is 0. The third-order valence-electron chi connectivity index (χ3n) is 2.09. The number of halogens is 2. The van der Waals surface area contributed by atoms with Gasteiger partial charge in [0.1, 0.15) is 11.8 Å². The molecule has 0 aliphatic carbocycles. The lowest BCUT2D eigenvalue weighted by Crippen LogP contribution is -1.98. The highest BCUT2D eigenvalue weighted by atomic mass is 19.2. The normalized spacial score (nSPS) is 10.1. The molecule has 0 unspecified atom stereocenters. The van der Waals surface area contributed by atoms with Crippen LogP contribution in [0.2, 0.25) is 0 Å². The minimum atomic E-state index is -1.24. The van der Waals surface area contributed by atoms with Crippen molar-refractivity contribution in [3.8, 4) is 6.07 Å². The number of aldehydes is 1. The molecule has 0 aromatic heterocycles. The largest absolute Gasteiger partial charge is 0.298 e. The Morgan fingerprint density at radius 2 is 2.00 bits per heavy atom. The average molecular weight is 246 g/mol. The summed E-state index contributed by atoms with van der Waals surface area (Å²) in [5, 5.41) is 8.42. The molecule has 1 aromatic rings. The van der Waals surface area contributed by atoms with Crippen LogP contribution in [0.25, 0.3) is 5.57 Å². The minimum Gasteiger partial charge on any atom is -0.298 e. The molecular formula is C13H8F2N2O. The molecule has 0 fully saturated rings. The summed E-state index contributed by atoms with van der Waals surface area (Å²) in [6, 6.07) is 4.02. The van der Waals surface area contributed by atoms with Crippen LogP contribution in [0.1, 0.15) is 15.9 Å². The van der Waals surface area contributed by atoms with Crippen molar-refractivity contribution in [2.24, 2.45) is 4.99 Å². The van der Waals surface area contributed by atoms with Crippen LogP contribution in [0.15, 0.2) is 36.0 Å². The van der Waals surface area contributed by atoms with Crippen molar-refractivity contribution in [2.45, 2.75) is 0 Å². The number of hydrogen-bond donors (Lipinski definition) is 0. The van der Waals surface area contributed by atoms with Crippen LogP contribution in [0.5, 0.6) is 0 Å². The van der Waals surface area contributed by atoms with E-state index in [0.717, 1.165) is 12.3 Å². The average Bonchev–Trinajstić information content (AvgIpc) is 2.38. The van der Waals surface area contributed by atoms with Crippen molar-refractivity contribution in [3.63, 3.8) is 0 Å². The summed E-state index contributed by atoms with van der Waals surface area (Å²) >= 11 is 0. The van der Waals surface area contributed by atoms with Gasteiger partial charge in [-0.2, -0.15) is 5.26 Å². The van der Waals surface area contributed by atoms with Gasteiger partial charge in [0.25, 0.3) is 0 Å². The molecule has 0 saturated carbocycles. The van der Waals surface area contributed by atoms with E-state index < -0.39 is 11.6 Å². The van der Waals surface area contributed by atoms with Gasteiger partial charge in [0.15, 0.2) is 17.9 Å². The van der Waals surface area contributed by atoms with Gasteiger partial charge in [-0.1, -0.05) is 19.2 Å². The van der Waals surface area contributed by atoms with E-state index in [-0.39, 0.29) is 28.7 Å². The van der Waals surface area contributed by atoms with Crippen molar-refractivity contribution < 1.29 is 13.6 Å². The topological polar surface area (TPSA) is 53.2 Å². The van der Waals surface area contributed by atoms with E-state index in [1.54, 1.807) is 6.07 Å². The molecule has 0 aliphatic rings. The van der Waals surface area contributed by atoms with Crippen LogP contribution in [-0.2, 0) is 0 Å². The molecule has 18 heavy (non-hydrogen) atoms. The first kappa shape index (κ1) is 13.5. The Morgan fingerprint density at radius 3 is 2.56 bits per heavy atom. The third kappa shape index (κ3) is 2.74. The van der Waals surface area contributed by atoms with Crippen LogP contribution in [0.3, 0.4) is 0 Å². The van der Waals surface area contributed by atoms with Gasteiger partial charge in [0.05, 0.1) is 5.56 Å². The number of rotatable bonds is 4. The highest BCUT2D eigenvalue weighted by Crippen LogP contribution is 2.20. The number of allylic oxidation sites excluding steroid dienone is 2. The second-order valence-electron chi connectivity index (χ2n) is 3.29. The molecule has 0 bridgehead atoms. The Kier molecular flexibility index (Phi) is 4.22. The molecule has 0 spiro atoms. The summed E-state index contributed by atoms with van der Waals surface area (Å²) in [5.74, 6) is -2.42. The summed E-state index contributed by atoms with van der Waals surface area (Å²) in [6.45, 7) is 6.79. The number of carbonyl (C=O) groups excluding carboxylic acids is 1. The van der Waals surface area contributed by atoms with Gasteiger partial charge in [-0.15, -0.1) is 0 Å². The van der Waals surface area contributed by atoms with Gasteiger partial charge >= 0.3 is 0 Å². The summed E-state index contributed by atoms with van der Waals surface area (Å²) in [6.07, 6.45) is 1.32. The zero-order valence-electron chi connectivity index (χ0n) is 9.28. The number of nitrogens with zero attached hydrogens (tertiary/aromatic N) is 2. The van der Waals surface area contributed by atoms with Crippen molar-refractivity contribution in [1.29, 1.82) is 5.26 Å². The van der Waals surface area contributed by atoms with E-state index >= 15 is 0 Å². The van der Waals surface area contributed by atoms with Crippen molar-refractivity contribution in [3.05, 3.63) is 53.7 Å². The number of nitriles is 1. The maximum Gasteiger partial charge on any atom is 0.169 e. The number of hydrogen-bond acceptors (Lipinski definition) is 3. The lowest BCUT2D eigenvalue weighted by Gasteiger charge is -2.04. The van der Waals surface area contributed by atoms with Crippen LogP contribution in [-0.4, -0.2) is 12.5 Å². The fourth-order valence-electron chi connectivity index (χ4n) is 1.16. The second kappa shape index (κ2) is 5.64. The monoisotopic (exact) mass is 246 g/mol. The first-order valence-corrected chi connectivity index (χ1v) is 4.76. The quantitative estimate of drug-likeness (QED) is 0.466. The molecule has 0 N–H and O–H groups in total. The van der Waals surface area contributed by atoms with Crippen LogP contribution >= 0.6 is 0 Å². The maximum atomic E-state index is 13.6. The first-order valence-electron chi connectivity index (χ1n) is 4.76. The molecule has 90 valence electrons. The molecule has 1 rings (SSSR count). The molecule has 0 aliphatic heterocycles. The van der Waals surface area contributed by atoms with Crippen molar-refractivity contribution in [1.82, 2.24) is 0 Å². The van der Waals surface area contributed by atoms with Gasteiger partial charge < -0.3 is 0 Å². The molecular weight excluding hydrogens is 238 g/mol. The van der Waals surface area contributed by atoms with E-state index in [0.29, 0.717) is 0 Å². The smallest absolute Gasteiger partial charge is 0.169 e. The Bertz CT molecular complexity index is 598. The summed E-state index contributed by atoms with van der Waals surface area (Å²) in [4.78, 5) is 14.0. The highest BCUT2D eigenvalue weighted by molar-refractivity contribution is 6.09. The molecule has 0 radical (unpaired) electrons. The standard InChI is InChI=1S/C13H8F2N2O/c1-8(6-17-9(2)5-16)11-4-3-10(7-18)12(14)13(11)15/h3-4,6-7H,1-2H2/b17-6+. The maximum absolute atomic E-state index is 13.6. The van der Waals surface area contributed by atoms with Crippen LogP contribution in [0, 0.1) is 23.0 Å². The molecule has 0 heterocycles. The highest BCUT2D eigenvalue weighted by Gasteiger charge is 2.13. The molecule has 0 atom stereocenters. The minimum absolute atomic E-state index is 0.0697. The van der Waals surface area contributed by atoms with Gasteiger partial charge in [-0.3, -0.25) is 4.79 Å². The van der Waals surface area contributed by atoms with E-state index in [2.05, 4.69) is 18.2 Å². The number of benzene rings is 1. The number of carbonyl (C=O) groups is 1. The lowest BCUT2D eigenvalue weighted by molar-refractivity contribution is 0.111. The Morgan fingerprint density at radius 1 is 1.33 bits per heavy atom. The molecule has 0 saturated heterocycles. The fraction of sp³-hybridized carbons (Fsp3) is 0. The van der Waals surface area contributed by atoms with Gasteiger partial charge in [-0.25, -0.2) is 13.8 Å². The van der Waals surface area contributed by atoms with E-state index in [9.17, 15) is 13.6 Å². The molecule has 5 heteroatoms. The summed E-state index contributed by atoms with van der Waals surface area (Å²) < 4.78 is 26.9. The zero-order valence-corrected chi connectivity index (χ0v) is 9.28. The van der Waals surface area contributed by atoms with Crippen LogP contribution in [0.4, 0.5) is 8.78 Å². The van der Waals surface area contributed by atoms with E-state index in [4.69, 9.17) is 5.26 Å². The number of aliphatic imine (C=N–C) groups is 1. The Labute approximate surface area is 102 Å². The first-order chi connectivity index (χ1) is 8.51. The van der Waals surface area contributed by atoms with Crippen LogP contribution < -0.4 is 0 Å². The Hall–Kier alpha value is -2.61. The zero-order chi connectivity index (χ0) is 13.7. The van der Waals surface area contributed by atoms with E-state index in [1.807, 2.05) is 0 Å². The second-order valence-corrected chi connectivity index (χ2v) is 3.29. The fourth-order valence-corrected chi connectivity index (χ4v) is 1.16. The third-order valence-corrected chi connectivity index (χ3v) is 2.09. The Balaban J connectivity index is 3.13. The molecule has 1 aromatic carbocycles. The van der Waals surface area contributed by atoms with Gasteiger partial charge in [0, 0.05) is 11.8 Å². The van der Waals surface area contributed by atoms with Crippen molar-refractivity contribution in [2.75, 3.05) is 0 Å². The van der Waals surface area contributed by atoms with Crippen molar-refractivity contribution >= 4 is 18.1 Å².